The smallest absolute Gasteiger partial charge is 0.265 e. The van der Waals surface area contributed by atoms with Crippen LogP contribution in [0.4, 0.5) is 11.5 Å². The molecule has 0 unspecified atom stereocenters. The molecule has 168 valence electrons. The van der Waals surface area contributed by atoms with Crippen molar-refractivity contribution in [3.63, 3.8) is 0 Å². The lowest BCUT2D eigenvalue weighted by Crippen LogP contribution is -2.31. The van der Waals surface area contributed by atoms with Crippen LogP contribution in [-0.4, -0.2) is 34.4 Å². The molecule has 0 aliphatic carbocycles. The average molecular weight is 460 g/mol. The van der Waals surface area contributed by atoms with Gasteiger partial charge in [0.1, 0.15) is 10.6 Å². The number of hydrogen-bond acceptors (Lipinski definition) is 6. The van der Waals surface area contributed by atoms with Crippen molar-refractivity contribution in [2.45, 2.75) is 26.8 Å². The molecule has 7 nitrogen and oxygen atoms in total. The van der Waals surface area contributed by atoms with Crippen molar-refractivity contribution >= 4 is 44.9 Å². The number of benzene rings is 1. The number of anilines is 2. The zero-order valence-electron chi connectivity index (χ0n) is 18.7. The molecule has 0 saturated heterocycles. The summed E-state index contributed by atoms with van der Waals surface area (Å²) >= 11 is 1.37. The SMILES string of the molecule is CCNc1nc(-c2ccc(NC(=O)c3cc4cccnc4s3)cc2)ccc1C(=O)NC(C)C. The highest BCUT2D eigenvalue weighted by Crippen LogP contribution is 2.26. The summed E-state index contributed by atoms with van der Waals surface area (Å²) in [4.78, 5) is 35.5. The summed E-state index contributed by atoms with van der Waals surface area (Å²) in [6.45, 7) is 6.45. The van der Waals surface area contributed by atoms with Crippen LogP contribution in [0.3, 0.4) is 0 Å². The van der Waals surface area contributed by atoms with Gasteiger partial charge in [0.2, 0.25) is 0 Å². The van der Waals surface area contributed by atoms with Crippen molar-refractivity contribution in [2.24, 2.45) is 0 Å². The zero-order valence-corrected chi connectivity index (χ0v) is 19.5. The second-order valence-corrected chi connectivity index (χ2v) is 8.82. The van der Waals surface area contributed by atoms with Gasteiger partial charge < -0.3 is 16.0 Å². The number of carbonyl (C=O) groups is 2. The van der Waals surface area contributed by atoms with Gasteiger partial charge in [-0.1, -0.05) is 18.2 Å². The van der Waals surface area contributed by atoms with Gasteiger partial charge in [0.05, 0.1) is 16.1 Å². The van der Waals surface area contributed by atoms with Gasteiger partial charge in [-0.15, -0.1) is 11.3 Å². The van der Waals surface area contributed by atoms with E-state index in [2.05, 4.69) is 25.9 Å². The van der Waals surface area contributed by atoms with Crippen LogP contribution < -0.4 is 16.0 Å². The van der Waals surface area contributed by atoms with Gasteiger partial charge in [0.25, 0.3) is 11.8 Å². The maximum absolute atomic E-state index is 12.6. The highest BCUT2D eigenvalue weighted by molar-refractivity contribution is 7.20. The Kier molecular flexibility index (Phi) is 6.65. The van der Waals surface area contributed by atoms with Crippen LogP contribution >= 0.6 is 11.3 Å². The standard InChI is InChI=1S/C25H25N5O2S/c1-4-26-22-19(23(31)28-15(2)3)11-12-20(30-22)16-7-9-18(10-8-16)29-24(32)21-14-17-6-5-13-27-25(17)33-21/h5-15H,4H2,1-3H3,(H,26,30)(H,28,31)(H,29,32). The predicted molar refractivity (Wildman–Crippen MR) is 134 cm³/mol. The third kappa shape index (κ3) is 5.18. The molecule has 8 heteroatoms. The highest BCUT2D eigenvalue weighted by atomic mass is 32.1. The normalized spacial score (nSPS) is 10.9. The molecular weight excluding hydrogens is 434 g/mol. The molecule has 3 N–H and O–H groups in total. The lowest BCUT2D eigenvalue weighted by molar-refractivity contribution is 0.0943. The number of nitrogens with one attached hydrogen (secondary N) is 3. The molecule has 1 aromatic carbocycles. The fraction of sp³-hybridized carbons (Fsp3) is 0.200. The van der Waals surface area contributed by atoms with E-state index in [0.717, 1.165) is 21.5 Å². The lowest BCUT2D eigenvalue weighted by Gasteiger charge is -2.14. The van der Waals surface area contributed by atoms with Gasteiger partial charge in [-0.25, -0.2) is 9.97 Å². The summed E-state index contributed by atoms with van der Waals surface area (Å²) in [6, 6.07) is 16.8. The van der Waals surface area contributed by atoms with Gasteiger partial charge in [-0.2, -0.15) is 0 Å². The Morgan fingerprint density at radius 2 is 1.82 bits per heavy atom. The Morgan fingerprint density at radius 1 is 1.03 bits per heavy atom. The van der Waals surface area contributed by atoms with E-state index in [9.17, 15) is 9.59 Å². The van der Waals surface area contributed by atoms with E-state index in [1.807, 2.05) is 69.3 Å². The molecule has 0 atom stereocenters. The summed E-state index contributed by atoms with van der Waals surface area (Å²) in [7, 11) is 0. The Balaban J connectivity index is 1.51. The van der Waals surface area contributed by atoms with Crippen LogP contribution in [0.5, 0.6) is 0 Å². The molecule has 0 bridgehead atoms. The van der Waals surface area contributed by atoms with E-state index in [1.54, 1.807) is 12.3 Å². The molecule has 0 aliphatic rings. The number of carbonyl (C=O) groups excluding carboxylic acids is 2. The molecule has 0 spiro atoms. The summed E-state index contributed by atoms with van der Waals surface area (Å²) in [5.41, 5.74) is 2.82. The number of nitrogens with zero attached hydrogens (tertiary/aromatic N) is 2. The molecule has 0 saturated carbocycles. The maximum Gasteiger partial charge on any atom is 0.265 e. The van der Waals surface area contributed by atoms with Crippen molar-refractivity contribution in [1.29, 1.82) is 0 Å². The van der Waals surface area contributed by atoms with Gasteiger partial charge in [0, 0.05) is 35.4 Å². The van der Waals surface area contributed by atoms with Crippen LogP contribution in [0, 0.1) is 0 Å². The average Bonchev–Trinajstić information content (AvgIpc) is 3.24. The van der Waals surface area contributed by atoms with Gasteiger partial charge >= 0.3 is 0 Å². The largest absolute Gasteiger partial charge is 0.370 e. The van der Waals surface area contributed by atoms with Crippen LogP contribution in [0.25, 0.3) is 21.5 Å². The number of thiophene rings is 1. The zero-order chi connectivity index (χ0) is 23.4. The molecule has 4 rings (SSSR count). The number of pyridine rings is 2. The first-order chi connectivity index (χ1) is 15.9. The van der Waals surface area contributed by atoms with Crippen molar-refractivity contribution < 1.29 is 9.59 Å². The number of fused-ring (bicyclic) bond motifs is 1. The second kappa shape index (κ2) is 9.79. The Bertz CT molecular complexity index is 1260. The molecule has 3 heterocycles. The van der Waals surface area contributed by atoms with E-state index >= 15 is 0 Å². The monoisotopic (exact) mass is 459 g/mol. The summed E-state index contributed by atoms with van der Waals surface area (Å²) in [6.07, 6.45) is 1.72. The molecule has 4 aromatic rings. The van der Waals surface area contributed by atoms with E-state index in [0.29, 0.717) is 28.5 Å². The summed E-state index contributed by atoms with van der Waals surface area (Å²) in [5, 5.41) is 9.96. The van der Waals surface area contributed by atoms with E-state index in [4.69, 9.17) is 0 Å². The van der Waals surface area contributed by atoms with E-state index in [1.165, 1.54) is 11.3 Å². The van der Waals surface area contributed by atoms with Gasteiger partial charge in [-0.05, 0) is 57.2 Å². The first-order valence-electron chi connectivity index (χ1n) is 10.8. The van der Waals surface area contributed by atoms with Crippen LogP contribution in [-0.2, 0) is 0 Å². The lowest BCUT2D eigenvalue weighted by atomic mass is 10.1. The number of rotatable bonds is 7. The van der Waals surface area contributed by atoms with Crippen molar-refractivity contribution in [3.05, 3.63) is 71.2 Å². The van der Waals surface area contributed by atoms with Gasteiger partial charge in [0.15, 0.2) is 0 Å². The summed E-state index contributed by atoms with van der Waals surface area (Å²) < 4.78 is 0. The quantitative estimate of drug-likeness (QED) is 0.354. The minimum atomic E-state index is -0.168. The molecule has 0 aliphatic heterocycles. The third-order valence-corrected chi connectivity index (χ3v) is 5.92. The molecule has 33 heavy (non-hydrogen) atoms. The van der Waals surface area contributed by atoms with Gasteiger partial charge in [-0.3, -0.25) is 9.59 Å². The topological polar surface area (TPSA) is 96.0 Å². The minimum Gasteiger partial charge on any atom is -0.370 e. The molecule has 3 aromatic heterocycles. The second-order valence-electron chi connectivity index (χ2n) is 7.79. The van der Waals surface area contributed by atoms with Crippen molar-refractivity contribution in [2.75, 3.05) is 17.2 Å². The predicted octanol–water partition coefficient (Wildman–Crippen LogP) is 5.18. The summed E-state index contributed by atoms with van der Waals surface area (Å²) in [5.74, 6) is 0.220. The first kappa shape index (κ1) is 22.4. The van der Waals surface area contributed by atoms with Crippen LogP contribution in [0.15, 0.2) is 60.8 Å². The third-order valence-electron chi connectivity index (χ3n) is 4.86. The molecule has 0 fully saturated rings. The number of hydrogen-bond donors (Lipinski definition) is 3. The Hall–Kier alpha value is -3.78. The molecular formula is C25H25N5O2S. The number of amides is 2. The number of aromatic nitrogens is 2. The highest BCUT2D eigenvalue weighted by Gasteiger charge is 2.15. The Labute approximate surface area is 196 Å². The molecule has 2 amide bonds. The van der Waals surface area contributed by atoms with E-state index < -0.39 is 0 Å². The maximum atomic E-state index is 12.6. The fourth-order valence-corrected chi connectivity index (χ4v) is 4.24. The van der Waals surface area contributed by atoms with Crippen molar-refractivity contribution in [3.8, 4) is 11.3 Å². The van der Waals surface area contributed by atoms with Crippen LogP contribution in [0.1, 0.15) is 40.8 Å². The minimum absolute atomic E-state index is 0.0400. The Morgan fingerprint density at radius 3 is 2.52 bits per heavy atom. The van der Waals surface area contributed by atoms with E-state index in [-0.39, 0.29) is 17.9 Å². The van der Waals surface area contributed by atoms with Crippen LogP contribution in [0.2, 0.25) is 0 Å². The first-order valence-corrected chi connectivity index (χ1v) is 11.6. The molecule has 0 radical (unpaired) electrons. The van der Waals surface area contributed by atoms with Crippen molar-refractivity contribution in [1.82, 2.24) is 15.3 Å². The fourth-order valence-electron chi connectivity index (χ4n) is 3.35.